The summed E-state index contributed by atoms with van der Waals surface area (Å²) in [5, 5.41) is 2.64. The molecular formula is C9H22ClN3O3S. The third-order valence-corrected chi connectivity index (χ3v) is 4.06. The Kier molecular flexibility index (Phi) is 9.69. The van der Waals surface area contributed by atoms with E-state index in [1.165, 1.54) is 7.05 Å². The standard InChI is InChI=1S/C9H21N3O3S.ClH/c1-4-16(14,15)12(3)7-9(13)11-6-8(2)5-10;/h8H,4-7,10H2,1-3H3,(H,11,13);1H. The minimum absolute atomic E-state index is 0. The molecule has 1 atom stereocenters. The lowest BCUT2D eigenvalue weighted by atomic mass is 10.2. The molecule has 6 nitrogen and oxygen atoms in total. The molecule has 0 aromatic rings. The van der Waals surface area contributed by atoms with Crippen LogP contribution in [-0.2, 0) is 14.8 Å². The van der Waals surface area contributed by atoms with Gasteiger partial charge in [0.2, 0.25) is 15.9 Å². The van der Waals surface area contributed by atoms with E-state index >= 15 is 0 Å². The predicted octanol–water partition coefficient (Wildman–Crippen LogP) is -0.599. The lowest BCUT2D eigenvalue weighted by Crippen LogP contribution is -2.40. The molecule has 0 aromatic heterocycles. The Bertz CT molecular complexity index is 321. The molecule has 0 spiro atoms. The van der Waals surface area contributed by atoms with Crippen molar-refractivity contribution in [2.75, 3.05) is 32.4 Å². The second-order valence-corrected chi connectivity index (χ2v) is 6.17. The Balaban J connectivity index is 0. The second kappa shape index (κ2) is 8.68. The monoisotopic (exact) mass is 287 g/mol. The van der Waals surface area contributed by atoms with Crippen molar-refractivity contribution in [3.05, 3.63) is 0 Å². The van der Waals surface area contributed by atoms with E-state index in [4.69, 9.17) is 5.73 Å². The highest BCUT2D eigenvalue weighted by Crippen LogP contribution is 1.96. The zero-order valence-electron chi connectivity index (χ0n) is 10.5. The summed E-state index contributed by atoms with van der Waals surface area (Å²) in [4.78, 5) is 11.4. The number of amides is 1. The molecule has 0 bridgehead atoms. The van der Waals surface area contributed by atoms with Crippen molar-refractivity contribution in [2.45, 2.75) is 13.8 Å². The Hall–Kier alpha value is -0.370. The van der Waals surface area contributed by atoms with Crippen LogP contribution < -0.4 is 11.1 Å². The molecule has 0 aliphatic heterocycles. The smallest absolute Gasteiger partial charge is 0.235 e. The van der Waals surface area contributed by atoms with Crippen molar-refractivity contribution in [3.8, 4) is 0 Å². The number of halogens is 1. The van der Waals surface area contributed by atoms with Gasteiger partial charge < -0.3 is 11.1 Å². The Morgan fingerprint density at radius 3 is 2.41 bits per heavy atom. The summed E-state index contributed by atoms with van der Waals surface area (Å²) < 4.78 is 23.8. The number of sulfonamides is 1. The maximum absolute atomic E-state index is 11.4. The van der Waals surface area contributed by atoms with Crippen molar-refractivity contribution >= 4 is 28.3 Å². The second-order valence-electron chi connectivity index (χ2n) is 3.80. The van der Waals surface area contributed by atoms with E-state index in [0.717, 1.165) is 4.31 Å². The highest BCUT2D eigenvalue weighted by Gasteiger charge is 2.18. The zero-order valence-corrected chi connectivity index (χ0v) is 12.1. The summed E-state index contributed by atoms with van der Waals surface area (Å²) in [5.41, 5.74) is 5.39. The summed E-state index contributed by atoms with van der Waals surface area (Å²) in [5.74, 6) is -0.118. The topological polar surface area (TPSA) is 92.5 Å². The van der Waals surface area contributed by atoms with Gasteiger partial charge in [-0.2, -0.15) is 4.31 Å². The number of nitrogens with two attached hydrogens (primary N) is 1. The van der Waals surface area contributed by atoms with Crippen LogP contribution in [0.5, 0.6) is 0 Å². The maximum atomic E-state index is 11.4. The van der Waals surface area contributed by atoms with Crippen molar-refractivity contribution < 1.29 is 13.2 Å². The number of carbonyl (C=O) groups is 1. The van der Waals surface area contributed by atoms with E-state index in [1.54, 1.807) is 6.92 Å². The SMILES string of the molecule is CCS(=O)(=O)N(C)CC(=O)NCC(C)CN.Cl. The first-order chi connectivity index (χ1) is 7.33. The van der Waals surface area contributed by atoms with Crippen molar-refractivity contribution in [3.63, 3.8) is 0 Å². The first-order valence-electron chi connectivity index (χ1n) is 5.24. The molecule has 0 saturated heterocycles. The van der Waals surface area contributed by atoms with Gasteiger partial charge in [-0.1, -0.05) is 6.92 Å². The van der Waals surface area contributed by atoms with E-state index < -0.39 is 10.0 Å². The van der Waals surface area contributed by atoms with Gasteiger partial charge in [-0.3, -0.25) is 4.79 Å². The molecule has 104 valence electrons. The highest BCUT2D eigenvalue weighted by molar-refractivity contribution is 7.89. The third kappa shape index (κ3) is 7.54. The van der Waals surface area contributed by atoms with Crippen molar-refractivity contribution in [1.82, 2.24) is 9.62 Å². The van der Waals surface area contributed by atoms with E-state index in [1.807, 2.05) is 6.92 Å². The minimum atomic E-state index is -3.29. The number of hydrogen-bond donors (Lipinski definition) is 2. The van der Waals surface area contributed by atoms with Gasteiger partial charge in [0.25, 0.3) is 0 Å². The van der Waals surface area contributed by atoms with Crippen LogP contribution in [0.15, 0.2) is 0 Å². The summed E-state index contributed by atoms with van der Waals surface area (Å²) >= 11 is 0. The molecule has 3 N–H and O–H groups in total. The van der Waals surface area contributed by atoms with Crippen LogP contribution in [0.4, 0.5) is 0 Å². The molecule has 0 aromatic carbocycles. The fraction of sp³-hybridized carbons (Fsp3) is 0.889. The van der Waals surface area contributed by atoms with Crippen LogP contribution in [0.1, 0.15) is 13.8 Å². The zero-order chi connectivity index (χ0) is 12.8. The number of carbonyl (C=O) groups excluding carboxylic acids is 1. The average molecular weight is 288 g/mol. The number of nitrogens with one attached hydrogen (secondary N) is 1. The lowest BCUT2D eigenvalue weighted by Gasteiger charge is -2.16. The van der Waals surface area contributed by atoms with Crippen molar-refractivity contribution in [1.29, 1.82) is 0 Å². The van der Waals surface area contributed by atoms with E-state index in [9.17, 15) is 13.2 Å². The fourth-order valence-corrected chi connectivity index (χ4v) is 1.70. The van der Waals surface area contributed by atoms with Crippen LogP contribution in [-0.4, -0.2) is 51.1 Å². The van der Waals surface area contributed by atoms with Gasteiger partial charge in [-0.15, -0.1) is 12.4 Å². The normalized spacial score (nSPS) is 13.0. The molecule has 0 heterocycles. The van der Waals surface area contributed by atoms with Crippen LogP contribution in [0.2, 0.25) is 0 Å². The minimum Gasteiger partial charge on any atom is -0.355 e. The van der Waals surface area contributed by atoms with E-state index in [0.29, 0.717) is 13.1 Å². The summed E-state index contributed by atoms with van der Waals surface area (Å²) in [7, 11) is -1.90. The van der Waals surface area contributed by atoms with Gasteiger partial charge >= 0.3 is 0 Å². The van der Waals surface area contributed by atoms with E-state index in [-0.39, 0.29) is 36.5 Å². The quantitative estimate of drug-likeness (QED) is 0.654. The summed E-state index contributed by atoms with van der Waals surface area (Å²) in [6.45, 7) is 4.26. The lowest BCUT2D eigenvalue weighted by molar-refractivity contribution is -0.121. The third-order valence-electron chi connectivity index (χ3n) is 2.26. The average Bonchev–Trinajstić information content (AvgIpc) is 2.25. The predicted molar refractivity (Wildman–Crippen MR) is 70.6 cm³/mol. The Morgan fingerprint density at radius 2 is 2.00 bits per heavy atom. The number of nitrogens with zero attached hydrogens (tertiary/aromatic N) is 1. The van der Waals surface area contributed by atoms with Gasteiger partial charge in [-0.25, -0.2) is 8.42 Å². The molecule has 1 amide bonds. The Morgan fingerprint density at radius 1 is 1.47 bits per heavy atom. The molecule has 8 heteroatoms. The molecule has 0 aliphatic carbocycles. The first kappa shape index (κ1) is 19.0. The molecule has 0 radical (unpaired) electrons. The van der Waals surface area contributed by atoms with E-state index in [2.05, 4.69) is 5.32 Å². The summed E-state index contributed by atoms with van der Waals surface area (Å²) in [6, 6.07) is 0. The number of rotatable bonds is 7. The van der Waals surface area contributed by atoms with Crippen LogP contribution in [0.3, 0.4) is 0 Å². The maximum Gasteiger partial charge on any atom is 0.235 e. The highest BCUT2D eigenvalue weighted by atomic mass is 35.5. The van der Waals surface area contributed by atoms with Crippen molar-refractivity contribution in [2.24, 2.45) is 11.7 Å². The molecule has 0 fully saturated rings. The van der Waals surface area contributed by atoms with Crippen LogP contribution >= 0.6 is 12.4 Å². The molecular weight excluding hydrogens is 266 g/mol. The number of likely N-dealkylation sites (N-methyl/N-ethyl adjacent to an activating group) is 1. The first-order valence-corrected chi connectivity index (χ1v) is 6.85. The Labute approximate surface area is 109 Å². The van der Waals surface area contributed by atoms with Gasteiger partial charge in [-0.05, 0) is 19.4 Å². The van der Waals surface area contributed by atoms with Crippen LogP contribution in [0, 0.1) is 5.92 Å². The molecule has 0 aliphatic rings. The van der Waals surface area contributed by atoms with Gasteiger partial charge in [0, 0.05) is 13.6 Å². The van der Waals surface area contributed by atoms with Gasteiger partial charge in [0.05, 0.1) is 12.3 Å². The molecule has 0 rings (SSSR count). The van der Waals surface area contributed by atoms with Gasteiger partial charge in [0.1, 0.15) is 0 Å². The molecule has 1 unspecified atom stereocenters. The summed E-state index contributed by atoms with van der Waals surface area (Å²) in [6.07, 6.45) is 0. The largest absolute Gasteiger partial charge is 0.355 e. The fourth-order valence-electron chi connectivity index (χ4n) is 0.948. The number of hydrogen-bond acceptors (Lipinski definition) is 4. The molecule has 0 saturated carbocycles. The van der Waals surface area contributed by atoms with Crippen LogP contribution in [0.25, 0.3) is 0 Å². The molecule has 17 heavy (non-hydrogen) atoms. The van der Waals surface area contributed by atoms with Gasteiger partial charge in [0.15, 0.2) is 0 Å².